The number of hydrogen-bond acceptors (Lipinski definition) is 4. The standard InChI is InChI=1S/C16H24N2O3/c1-11(2)8-14(16(20)21-3)18-15(19)9-12-6-4-5-7-13(12)10-17/h4-7,11,14H,8-10,17H2,1-3H3,(H,18,19)/t14-/m0/s1. The quantitative estimate of drug-likeness (QED) is 0.744. The van der Waals surface area contributed by atoms with E-state index in [1.54, 1.807) is 0 Å². The predicted molar refractivity (Wildman–Crippen MR) is 81.4 cm³/mol. The van der Waals surface area contributed by atoms with Crippen LogP contribution in [0.1, 0.15) is 31.4 Å². The Hall–Kier alpha value is -1.88. The van der Waals surface area contributed by atoms with Crippen molar-refractivity contribution in [2.45, 2.75) is 39.3 Å². The second kappa shape index (κ2) is 8.42. The lowest BCUT2D eigenvalue weighted by Gasteiger charge is -2.18. The molecule has 0 aromatic heterocycles. The summed E-state index contributed by atoms with van der Waals surface area (Å²) in [4.78, 5) is 23.8. The van der Waals surface area contributed by atoms with Crippen molar-refractivity contribution in [3.63, 3.8) is 0 Å². The molecule has 0 aliphatic rings. The molecule has 0 radical (unpaired) electrons. The molecular weight excluding hydrogens is 268 g/mol. The van der Waals surface area contributed by atoms with Gasteiger partial charge in [-0.15, -0.1) is 0 Å². The number of nitrogens with one attached hydrogen (secondary N) is 1. The first-order valence-electron chi connectivity index (χ1n) is 7.12. The second-order valence-electron chi connectivity index (χ2n) is 5.42. The van der Waals surface area contributed by atoms with Gasteiger partial charge in [0, 0.05) is 6.54 Å². The van der Waals surface area contributed by atoms with E-state index in [2.05, 4.69) is 5.32 Å². The fraction of sp³-hybridized carbons (Fsp3) is 0.500. The predicted octanol–water partition coefficient (Wildman–Crippen LogP) is 1.39. The summed E-state index contributed by atoms with van der Waals surface area (Å²) in [6.45, 7) is 4.37. The van der Waals surface area contributed by atoms with Crippen LogP contribution < -0.4 is 11.1 Å². The molecule has 1 aromatic carbocycles. The Morgan fingerprint density at radius 3 is 2.38 bits per heavy atom. The third kappa shape index (κ3) is 5.55. The smallest absolute Gasteiger partial charge is 0.328 e. The van der Waals surface area contributed by atoms with Gasteiger partial charge in [0.05, 0.1) is 13.5 Å². The molecule has 0 bridgehead atoms. The van der Waals surface area contributed by atoms with Crippen LogP contribution in [0.15, 0.2) is 24.3 Å². The van der Waals surface area contributed by atoms with E-state index in [9.17, 15) is 9.59 Å². The second-order valence-corrected chi connectivity index (χ2v) is 5.42. The van der Waals surface area contributed by atoms with Gasteiger partial charge in [-0.2, -0.15) is 0 Å². The molecule has 1 rings (SSSR count). The zero-order valence-corrected chi connectivity index (χ0v) is 12.9. The Morgan fingerprint density at radius 1 is 1.24 bits per heavy atom. The summed E-state index contributed by atoms with van der Waals surface area (Å²) >= 11 is 0. The van der Waals surface area contributed by atoms with Gasteiger partial charge in [-0.1, -0.05) is 38.1 Å². The summed E-state index contributed by atoms with van der Waals surface area (Å²) in [5.74, 6) is -0.332. The van der Waals surface area contributed by atoms with Crippen molar-refractivity contribution in [1.29, 1.82) is 0 Å². The number of methoxy groups -OCH3 is 1. The van der Waals surface area contributed by atoms with Crippen LogP contribution in [0.3, 0.4) is 0 Å². The summed E-state index contributed by atoms with van der Waals surface area (Å²) in [7, 11) is 1.32. The lowest BCUT2D eigenvalue weighted by molar-refractivity contribution is -0.145. The topological polar surface area (TPSA) is 81.4 Å². The van der Waals surface area contributed by atoms with Crippen molar-refractivity contribution in [3.8, 4) is 0 Å². The van der Waals surface area contributed by atoms with E-state index in [4.69, 9.17) is 10.5 Å². The van der Waals surface area contributed by atoms with E-state index in [0.717, 1.165) is 11.1 Å². The molecule has 0 aliphatic heterocycles. The highest BCUT2D eigenvalue weighted by molar-refractivity contribution is 5.85. The molecule has 0 aliphatic carbocycles. The van der Waals surface area contributed by atoms with E-state index in [0.29, 0.717) is 13.0 Å². The van der Waals surface area contributed by atoms with Crippen LogP contribution in [0.2, 0.25) is 0 Å². The van der Waals surface area contributed by atoms with Gasteiger partial charge in [-0.05, 0) is 23.5 Å². The molecule has 0 saturated carbocycles. The number of amides is 1. The van der Waals surface area contributed by atoms with Crippen molar-refractivity contribution in [1.82, 2.24) is 5.32 Å². The van der Waals surface area contributed by atoms with E-state index >= 15 is 0 Å². The lowest BCUT2D eigenvalue weighted by Crippen LogP contribution is -2.43. The van der Waals surface area contributed by atoms with Gasteiger partial charge in [0.15, 0.2) is 0 Å². The summed E-state index contributed by atoms with van der Waals surface area (Å²) in [5.41, 5.74) is 7.47. The Balaban J connectivity index is 2.71. The molecule has 116 valence electrons. The van der Waals surface area contributed by atoms with Crippen molar-refractivity contribution >= 4 is 11.9 Å². The highest BCUT2D eigenvalue weighted by Gasteiger charge is 2.22. The first-order chi connectivity index (χ1) is 9.97. The molecule has 1 atom stereocenters. The number of esters is 1. The first-order valence-corrected chi connectivity index (χ1v) is 7.12. The minimum absolute atomic E-state index is 0.202. The maximum atomic E-state index is 12.1. The zero-order chi connectivity index (χ0) is 15.8. The van der Waals surface area contributed by atoms with Crippen LogP contribution in [0, 0.1) is 5.92 Å². The molecule has 5 heteroatoms. The Morgan fingerprint density at radius 2 is 1.86 bits per heavy atom. The van der Waals surface area contributed by atoms with Gasteiger partial charge in [0.2, 0.25) is 5.91 Å². The Labute approximate surface area is 125 Å². The molecule has 0 fully saturated rings. The number of hydrogen-bond donors (Lipinski definition) is 2. The van der Waals surface area contributed by atoms with Crippen molar-refractivity contribution in [2.75, 3.05) is 7.11 Å². The van der Waals surface area contributed by atoms with Crippen LogP contribution >= 0.6 is 0 Å². The molecule has 1 amide bonds. The number of nitrogens with two attached hydrogens (primary N) is 1. The molecule has 21 heavy (non-hydrogen) atoms. The van der Waals surface area contributed by atoms with Crippen LogP contribution in [0.5, 0.6) is 0 Å². The number of benzene rings is 1. The van der Waals surface area contributed by atoms with Gasteiger partial charge in [0.25, 0.3) is 0 Å². The average Bonchev–Trinajstić information content (AvgIpc) is 2.45. The zero-order valence-electron chi connectivity index (χ0n) is 12.9. The SMILES string of the molecule is COC(=O)[C@H](CC(C)C)NC(=O)Cc1ccccc1CN. The summed E-state index contributed by atoms with van der Waals surface area (Å²) in [6, 6.07) is 6.92. The number of rotatable bonds is 7. The molecule has 0 spiro atoms. The van der Waals surface area contributed by atoms with Gasteiger partial charge < -0.3 is 15.8 Å². The normalized spacial score (nSPS) is 12.0. The molecule has 0 heterocycles. The average molecular weight is 292 g/mol. The van der Waals surface area contributed by atoms with Crippen molar-refractivity contribution < 1.29 is 14.3 Å². The minimum Gasteiger partial charge on any atom is -0.467 e. The number of carbonyl (C=O) groups is 2. The highest BCUT2D eigenvalue weighted by Crippen LogP contribution is 2.10. The van der Waals surface area contributed by atoms with Crippen LogP contribution in [0.25, 0.3) is 0 Å². The highest BCUT2D eigenvalue weighted by atomic mass is 16.5. The van der Waals surface area contributed by atoms with Crippen molar-refractivity contribution in [3.05, 3.63) is 35.4 Å². The summed E-state index contributed by atoms with van der Waals surface area (Å²) in [5, 5.41) is 2.74. The molecule has 1 aromatic rings. The van der Waals surface area contributed by atoms with Gasteiger partial charge >= 0.3 is 5.97 Å². The van der Waals surface area contributed by atoms with Gasteiger partial charge in [-0.25, -0.2) is 4.79 Å². The van der Waals surface area contributed by atoms with Crippen molar-refractivity contribution in [2.24, 2.45) is 11.7 Å². The van der Waals surface area contributed by atoms with Crippen LogP contribution in [-0.2, 0) is 27.3 Å². The fourth-order valence-electron chi connectivity index (χ4n) is 2.18. The van der Waals surface area contributed by atoms with E-state index < -0.39 is 12.0 Å². The number of carbonyl (C=O) groups excluding carboxylic acids is 2. The van der Waals surface area contributed by atoms with Crippen LogP contribution in [0.4, 0.5) is 0 Å². The largest absolute Gasteiger partial charge is 0.467 e. The maximum absolute atomic E-state index is 12.1. The van der Waals surface area contributed by atoms with E-state index in [1.165, 1.54) is 7.11 Å². The monoisotopic (exact) mass is 292 g/mol. The number of ether oxygens (including phenoxy) is 1. The van der Waals surface area contributed by atoms with E-state index in [-0.39, 0.29) is 18.2 Å². The van der Waals surface area contributed by atoms with Gasteiger partial charge in [-0.3, -0.25) is 4.79 Å². The Bertz CT molecular complexity index is 486. The molecule has 0 unspecified atom stereocenters. The van der Waals surface area contributed by atoms with Gasteiger partial charge in [0.1, 0.15) is 6.04 Å². The first kappa shape index (κ1) is 17.2. The van der Waals surface area contributed by atoms with Crippen LogP contribution in [-0.4, -0.2) is 25.0 Å². The minimum atomic E-state index is -0.604. The summed E-state index contributed by atoms with van der Waals surface area (Å²) in [6.07, 6.45) is 0.760. The van der Waals surface area contributed by atoms with E-state index in [1.807, 2.05) is 38.1 Å². The molecule has 0 saturated heterocycles. The third-order valence-corrected chi connectivity index (χ3v) is 3.22. The summed E-state index contributed by atoms with van der Waals surface area (Å²) < 4.78 is 4.74. The molecule has 3 N–H and O–H groups in total. The third-order valence-electron chi connectivity index (χ3n) is 3.22. The maximum Gasteiger partial charge on any atom is 0.328 e. The lowest BCUT2D eigenvalue weighted by atomic mass is 10.0. The Kier molecular flexibility index (Phi) is 6.88. The molecule has 5 nitrogen and oxygen atoms in total. The fourth-order valence-corrected chi connectivity index (χ4v) is 2.18. The molecular formula is C16H24N2O3.